The van der Waals surface area contributed by atoms with Gasteiger partial charge in [0.25, 0.3) is 0 Å². The van der Waals surface area contributed by atoms with Crippen LogP contribution in [0.1, 0.15) is 5.82 Å². The lowest BCUT2D eigenvalue weighted by Crippen LogP contribution is -2.11. The van der Waals surface area contributed by atoms with E-state index < -0.39 is 0 Å². The quantitative estimate of drug-likeness (QED) is 0.883. The molecule has 0 bridgehead atoms. The fraction of sp³-hybridized carbons (Fsp3) is 0.333. The van der Waals surface area contributed by atoms with Crippen molar-refractivity contribution in [2.45, 2.75) is 13.5 Å². The molecule has 0 aromatic carbocycles. The van der Waals surface area contributed by atoms with Crippen molar-refractivity contribution < 1.29 is 0 Å². The molecule has 4 nitrogen and oxygen atoms in total. The Kier molecular flexibility index (Phi) is 2.52. The Morgan fingerprint density at radius 3 is 3.07 bits per heavy atom. The molecule has 2 heterocycles. The lowest BCUT2D eigenvalue weighted by molar-refractivity contribution is 0.698. The number of aryl methyl sites for hydroxylation is 1. The maximum atomic E-state index is 5.52. The van der Waals surface area contributed by atoms with Crippen LogP contribution < -0.4 is 5.73 Å². The predicted molar refractivity (Wildman–Crippen MR) is 59.0 cm³/mol. The van der Waals surface area contributed by atoms with E-state index in [4.69, 9.17) is 5.73 Å². The van der Waals surface area contributed by atoms with Crippen molar-refractivity contribution in [2.24, 2.45) is 5.73 Å². The van der Waals surface area contributed by atoms with Crippen LogP contribution in [0, 0.1) is 6.92 Å². The molecule has 2 aromatic rings. The van der Waals surface area contributed by atoms with E-state index in [1.54, 1.807) is 6.20 Å². The zero-order valence-electron chi connectivity index (χ0n) is 7.87. The number of nitrogens with two attached hydrogens (primary N) is 1. The second-order valence-corrected chi connectivity index (χ2v) is 4.01. The molecule has 0 saturated heterocycles. The SMILES string of the molecule is Cc1nc2cc(Br)cnc2n1CCN. The maximum absolute atomic E-state index is 5.52. The molecule has 2 rings (SSSR count). The highest BCUT2D eigenvalue weighted by atomic mass is 79.9. The van der Waals surface area contributed by atoms with Crippen LogP contribution in [0.15, 0.2) is 16.7 Å². The van der Waals surface area contributed by atoms with Gasteiger partial charge in [0.2, 0.25) is 0 Å². The van der Waals surface area contributed by atoms with Crippen molar-refractivity contribution in [2.75, 3.05) is 6.54 Å². The Balaban J connectivity index is 2.64. The molecular formula is C9H11BrN4. The summed E-state index contributed by atoms with van der Waals surface area (Å²) in [5, 5.41) is 0. The van der Waals surface area contributed by atoms with Gasteiger partial charge in [-0.25, -0.2) is 9.97 Å². The molecule has 0 aliphatic heterocycles. The fourth-order valence-corrected chi connectivity index (χ4v) is 1.82. The first-order chi connectivity index (χ1) is 6.72. The zero-order chi connectivity index (χ0) is 10.1. The number of rotatable bonds is 2. The van der Waals surface area contributed by atoms with Crippen LogP contribution >= 0.6 is 15.9 Å². The summed E-state index contributed by atoms with van der Waals surface area (Å²) in [5.41, 5.74) is 7.33. The second kappa shape index (κ2) is 3.67. The van der Waals surface area contributed by atoms with Crippen molar-refractivity contribution in [1.29, 1.82) is 0 Å². The summed E-state index contributed by atoms with van der Waals surface area (Å²) in [6.07, 6.45) is 1.77. The van der Waals surface area contributed by atoms with Crippen LogP contribution in [0.3, 0.4) is 0 Å². The predicted octanol–water partition coefficient (Wildman–Crippen LogP) is 1.46. The molecule has 0 aliphatic rings. The molecule has 14 heavy (non-hydrogen) atoms. The number of fused-ring (bicyclic) bond motifs is 1. The zero-order valence-corrected chi connectivity index (χ0v) is 9.45. The number of halogens is 1. The highest BCUT2D eigenvalue weighted by Crippen LogP contribution is 2.17. The van der Waals surface area contributed by atoms with Gasteiger partial charge in [0.1, 0.15) is 11.3 Å². The Morgan fingerprint density at radius 2 is 2.36 bits per heavy atom. The highest BCUT2D eigenvalue weighted by molar-refractivity contribution is 9.10. The number of hydrogen-bond donors (Lipinski definition) is 1. The van der Waals surface area contributed by atoms with Gasteiger partial charge in [0.05, 0.1) is 0 Å². The van der Waals surface area contributed by atoms with E-state index in [2.05, 4.69) is 25.9 Å². The third-order valence-corrected chi connectivity index (χ3v) is 2.53. The summed E-state index contributed by atoms with van der Waals surface area (Å²) in [6, 6.07) is 1.96. The molecule has 0 atom stereocenters. The van der Waals surface area contributed by atoms with Gasteiger partial charge in [-0.05, 0) is 28.9 Å². The second-order valence-electron chi connectivity index (χ2n) is 3.10. The third-order valence-electron chi connectivity index (χ3n) is 2.10. The summed E-state index contributed by atoms with van der Waals surface area (Å²) >= 11 is 3.37. The topological polar surface area (TPSA) is 56.7 Å². The Labute approximate surface area is 90.3 Å². The van der Waals surface area contributed by atoms with Crippen LogP contribution in [0.4, 0.5) is 0 Å². The van der Waals surface area contributed by atoms with E-state index in [0.717, 1.165) is 28.0 Å². The minimum Gasteiger partial charge on any atom is -0.329 e. The van der Waals surface area contributed by atoms with Gasteiger partial charge in [0, 0.05) is 23.8 Å². The highest BCUT2D eigenvalue weighted by Gasteiger charge is 2.07. The van der Waals surface area contributed by atoms with Gasteiger partial charge < -0.3 is 10.3 Å². The first-order valence-corrected chi connectivity index (χ1v) is 5.20. The summed E-state index contributed by atoms with van der Waals surface area (Å²) in [4.78, 5) is 8.73. The van der Waals surface area contributed by atoms with E-state index in [1.165, 1.54) is 0 Å². The Bertz CT molecular complexity index is 463. The third kappa shape index (κ3) is 1.53. The summed E-state index contributed by atoms with van der Waals surface area (Å²) in [5.74, 6) is 0.955. The molecule has 74 valence electrons. The molecule has 2 N–H and O–H groups in total. The molecule has 0 unspecified atom stereocenters. The fourth-order valence-electron chi connectivity index (χ4n) is 1.50. The molecule has 2 aromatic heterocycles. The maximum Gasteiger partial charge on any atom is 0.160 e. The molecule has 0 radical (unpaired) electrons. The van der Waals surface area contributed by atoms with Crippen LogP contribution in [0.25, 0.3) is 11.2 Å². The molecule has 0 saturated carbocycles. The van der Waals surface area contributed by atoms with Crippen molar-refractivity contribution in [3.8, 4) is 0 Å². The van der Waals surface area contributed by atoms with E-state index in [0.29, 0.717) is 6.54 Å². The van der Waals surface area contributed by atoms with Crippen LogP contribution in [-0.2, 0) is 6.54 Å². The molecule has 0 amide bonds. The van der Waals surface area contributed by atoms with Crippen molar-refractivity contribution >= 4 is 27.1 Å². The number of aromatic nitrogens is 3. The summed E-state index contributed by atoms with van der Waals surface area (Å²) in [7, 11) is 0. The van der Waals surface area contributed by atoms with Crippen molar-refractivity contribution in [3.05, 3.63) is 22.6 Å². The van der Waals surface area contributed by atoms with Crippen molar-refractivity contribution in [1.82, 2.24) is 14.5 Å². The largest absolute Gasteiger partial charge is 0.329 e. The normalized spacial score (nSPS) is 11.1. The summed E-state index contributed by atoms with van der Waals surface area (Å²) < 4.78 is 2.98. The first kappa shape index (κ1) is 9.61. The molecule has 0 spiro atoms. The number of hydrogen-bond acceptors (Lipinski definition) is 3. The molecule has 0 fully saturated rings. The average molecular weight is 255 g/mol. The van der Waals surface area contributed by atoms with Gasteiger partial charge >= 0.3 is 0 Å². The molecule has 5 heteroatoms. The number of nitrogens with zero attached hydrogens (tertiary/aromatic N) is 3. The van der Waals surface area contributed by atoms with Gasteiger partial charge in [-0.1, -0.05) is 0 Å². The monoisotopic (exact) mass is 254 g/mol. The van der Waals surface area contributed by atoms with Gasteiger partial charge in [-0.3, -0.25) is 0 Å². The van der Waals surface area contributed by atoms with Gasteiger partial charge in [0.15, 0.2) is 5.65 Å². The smallest absolute Gasteiger partial charge is 0.160 e. The van der Waals surface area contributed by atoms with Gasteiger partial charge in [-0.15, -0.1) is 0 Å². The standard InChI is InChI=1S/C9H11BrN4/c1-6-13-8-4-7(10)5-12-9(8)14(6)3-2-11/h4-5H,2-3,11H2,1H3. The summed E-state index contributed by atoms with van der Waals surface area (Å²) in [6.45, 7) is 3.33. The van der Waals surface area contributed by atoms with Gasteiger partial charge in [-0.2, -0.15) is 0 Å². The van der Waals surface area contributed by atoms with Crippen molar-refractivity contribution in [3.63, 3.8) is 0 Å². The van der Waals surface area contributed by atoms with E-state index >= 15 is 0 Å². The van der Waals surface area contributed by atoms with Crippen LogP contribution in [-0.4, -0.2) is 21.1 Å². The molecule has 0 aliphatic carbocycles. The lowest BCUT2D eigenvalue weighted by Gasteiger charge is -2.02. The van der Waals surface area contributed by atoms with E-state index in [9.17, 15) is 0 Å². The van der Waals surface area contributed by atoms with Crippen LogP contribution in [0.2, 0.25) is 0 Å². The first-order valence-electron chi connectivity index (χ1n) is 4.41. The van der Waals surface area contributed by atoms with Crippen LogP contribution in [0.5, 0.6) is 0 Å². The lowest BCUT2D eigenvalue weighted by atomic mass is 10.4. The minimum atomic E-state index is 0.601. The van der Waals surface area contributed by atoms with E-state index in [-0.39, 0.29) is 0 Å². The number of imidazole rings is 1. The Hall–Kier alpha value is -0.940. The average Bonchev–Trinajstić information content (AvgIpc) is 2.43. The Morgan fingerprint density at radius 1 is 1.57 bits per heavy atom. The van der Waals surface area contributed by atoms with E-state index in [1.807, 2.05) is 17.6 Å². The minimum absolute atomic E-state index is 0.601. The molecular weight excluding hydrogens is 244 g/mol. The number of pyridine rings is 1.